The summed E-state index contributed by atoms with van der Waals surface area (Å²) in [5.74, 6) is -0.438. The summed E-state index contributed by atoms with van der Waals surface area (Å²) in [6, 6.07) is 6.72. The van der Waals surface area contributed by atoms with Crippen molar-refractivity contribution < 1.29 is 4.79 Å². The van der Waals surface area contributed by atoms with Crippen LogP contribution >= 0.6 is 0 Å². The first-order valence-corrected chi connectivity index (χ1v) is 7.28. The van der Waals surface area contributed by atoms with Gasteiger partial charge in [0.25, 0.3) is 5.91 Å². The molecule has 1 aromatic rings. The first-order chi connectivity index (χ1) is 9.25. The maximum absolute atomic E-state index is 11.3. The molecule has 1 atom stereocenters. The van der Waals surface area contributed by atoms with E-state index in [1.807, 2.05) is 12.1 Å². The standard InChI is InChI=1S/C15H21N3O/c16-15(19)13-8-3-7-12(17-13)14-9-4-10-18(14)11-5-1-2-6-11/h3,7-8,11,14H,1-2,4-6,9-10H2,(H2,16,19)/t14-/m0/s1. The quantitative estimate of drug-likeness (QED) is 0.905. The van der Waals surface area contributed by atoms with Crippen LogP contribution in [0.1, 0.15) is 60.7 Å². The van der Waals surface area contributed by atoms with Crippen LogP contribution in [0.25, 0.3) is 0 Å². The summed E-state index contributed by atoms with van der Waals surface area (Å²) < 4.78 is 0. The van der Waals surface area contributed by atoms with Gasteiger partial charge in [-0.15, -0.1) is 0 Å². The minimum Gasteiger partial charge on any atom is -0.364 e. The van der Waals surface area contributed by atoms with Crippen LogP contribution in [0, 0.1) is 0 Å². The van der Waals surface area contributed by atoms with Crippen LogP contribution in [0.4, 0.5) is 0 Å². The van der Waals surface area contributed by atoms with E-state index in [1.54, 1.807) is 6.07 Å². The normalized spacial score (nSPS) is 24.9. The number of hydrogen-bond donors (Lipinski definition) is 1. The summed E-state index contributed by atoms with van der Waals surface area (Å²) >= 11 is 0. The number of primary amides is 1. The van der Waals surface area contributed by atoms with Crippen molar-refractivity contribution >= 4 is 5.91 Å². The zero-order valence-corrected chi connectivity index (χ0v) is 11.2. The zero-order valence-electron chi connectivity index (χ0n) is 11.2. The highest BCUT2D eigenvalue weighted by Crippen LogP contribution is 2.37. The molecule has 4 nitrogen and oxygen atoms in total. The molecular formula is C15H21N3O. The second kappa shape index (κ2) is 5.29. The van der Waals surface area contributed by atoms with Crippen molar-refractivity contribution in [3.8, 4) is 0 Å². The van der Waals surface area contributed by atoms with Gasteiger partial charge in [0.05, 0.1) is 11.7 Å². The molecular weight excluding hydrogens is 238 g/mol. The third-order valence-corrected chi connectivity index (χ3v) is 4.45. The molecule has 0 unspecified atom stereocenters. The fourth-order valence-corrected chi connectivity index (χ4v) is 3.55. The van der Waals surface area contributed by atoms with Crippen molar-refractivity contribution in [2.24, 2.45) is 5.73 Å². The maximum atomic E-state index is 11.3. The van der Waals surface area contributed by atoms with Crippen LogP contribution in [0.3, 0.4) is 0 Å². The summed E-state index contributed by atoms with van der Waals surface area (Å²) in [4.78, 5) is 18.3. The van der Waals surface area contributed by atoms with Crippen LogP contribution in [-0.2, 0) is 0 Å². The predicted molar refractivity (Wildman–Crippen MR) is 73.7 cm³/mol. The number of amides is 1. The summed E-state index contributed by atoms with van der Waals surface area (Å²) in [5, 5.41) is 0. The van der Waals surface area contributed by atoms with E-state index in [4.69, 9.17) is 5.73 Å². The Balaban J connectivity index is 1.83. The molecule has 102 valence electrons. The Kier molecular flexibility index (Phi) is 3.51. The first kappa shape index (κ1) is 12.6. The Labute approximate surface area is 114 Å². The van der Waals surface area contributed by atoms with E-state index in [9.17, 15) is 4.79 Å². The Hall–Kier alpha value is -1.42. The van der Waals surface area contributed by atoms with E-state index >= 15 is 0 Å². The van der Waals surface area contributed by atoms with Crippen LogP contribution in [0.5, 0.6) is 0 Å². The molecule has 2 aliphatic rings. The highest BCUT2D eigenvalue weighted by Gasteiger charge is 2.33. The minimum atomic E-state index is -0.438. The van der Waals surface area contributed by atoms with Crippen LogP contribution in [-0.4, -0.2) is 28.4 Å². The smallest absolute Gasteiger partial charge is 0.267 e. The molecule has 1 saturated carbocycles. The molecule has 2 fully saturated rings. The van der Waals surface area contributed by atoms with E-state index in [-0.39, 0.29) is 0 Å². The van der Waals surface area contributed by atoms with Crippen LogP contribution < -0.4 is 5.73 Å². The monoisotopic (exact) mass is 259 g/mol. The van der Waals surface area contributed by atoms with Gasteiger partial charge in [0, 0.05) is 6.04 Å². The van der Waals surface area contributed by atoms with Gasteiger partial charge in [0.15, 0.2) is 0 Å². The van der Waals surface area contributed by atoms with Gasteiger partial charge in [-0.1, -0.05) is 18.9 Å². The molecule has 1 saturated heterocycles. The highest BCUT2D eigenvalue weighted by atomic mass is 16.1. The van der Waals surface area contributed by atoms with E-state index in [0.29, 0.717) is 17.8 Å². The van der Waals surface area contributed by atoms with Crippen molar-refractivity contribution in [2.75, 3.05) is 6.54 Å². The van der Waals surface area contributed by atoms with E-state index in [2.05, 4.69) is 9.88 Å². The Morgan fingerprint density at radius 1 is 1.21 bits per heavy atom. The number of carbonyl (C=O) groups excluding carboxylic acids is 1. The van der Waals surface area contributed by atoms with Crippen molar-refractivity contribution in [2.45, 2.75) is 50.6 Å². The molecule has 19 heavy (non-hydrogen) atoms. The maximum Gasteiger partial charge on any atom is 0.267 e. The lowest BCUT2D eigenvalue weighted by atomic mass is 10.1. The second-order valence-electron chi connectivity index (χ2n) is 5.65. The SMILES string of the molecule is NC(=O)c1cccc([C@@H]2CCCN2C2CCCC2)n1. The largest absolute Gasteiger partial charge is 0.364 e. The van der Waals surface area contributed by atoms with Gasteiger partial charge in [-0.2, -0.15) is 0 Å². The fraction of sp³-hybridized carbons (Fsp3) is 0.600. The van der Waals surface area contributed by atoms with E-state index < -0.39 is 5.91 Å². The molecule has 2 heterocycles. The van der Waals surface area contributed by atoms with Crippen molar-refractivity contribution in [1.82, 2.24) is 9.88 Å². The average molecular weight is 259 g/mol. The highest BCUT2D eigenvalue weighted by molar-refractivity contribution is 5.90. The molecule has 4 heteroatoms. The topological polar surface area (TPSA) is 59.2 Å². The summed E-state index contributed by atoms with van der Waals surface area (Å²) in [7, 11) is 0. The minimum absolute atomic E-state index is 0.377. The Morgan fingerprint density at radius 2 is 2.00 bits per heavy atom. The summed E-state index contributed by atoms with van der Waals surface area (Å²) in [6.07, 6.45) is 7.69. The molecule has 1 aliphatic heterocycles. The van der Waals surface area contributed by atoms with E-state index in [0.717, 1.165) is 18.7 Å². The number of aromatic nitrogens is 1. The Morgan fingerprint density at radius 3 is 2.74 bits per heavy atom. The third-order valence-electron chi connectivity index (χ3n) is 4.45. The van der Waals surface area contributed by atoms with Gasteiger partial charge in [0.2, 0.25) is 0 Å². The molecule has 3 rings (SSSR count). The molecule has 1 aliphatic carbocycles. The first-order valence-electron chi connectivity index (χ1n) is 7.28. The number of pyridine rings is 1. The third kappa shape index (κ3) is 2.50. The molecule has 1 aromatic heterocycles. The van der Waals surface area contributed by atoms with Gasteiger partial charge in [-0.05, 0) is 44.4 Å². The average Bonchev–Trinajstić information content (AvgIpc) is 3.09. The number of carbonyl (C=O) groups is 1. The fourth-order valence-electron chi connectivity index (χ4n) is 3.55. The van der Waals surface area contributed by atoms with Gasteiger partial charge >= 0.3 is 0 Å². The predicted octanol–water partition coefficient (Wildman–Crippen LogP) is 2.26. The van der Waals surface area contributed by atoms with Gasteiger partial charge in [-0.3, -0.25) is 9.69 Å². The summed E-state index contributed by atoms with van der Waals surface area (Å²) in [5.41, 5.74) is 6.72. The second-order valence-corrected chi connectivity index (χ2v) is 5.65. The van der Waals surface area contributed by atoms with Crippen molar-refractivity contribution in [1.29, 1.82) is 0 Å². The molecule has 2 N–H and O–H groups in total. The lowest BCUT2D eigenvalue weighted by molar-refractivity contribution is 0.0994. The van der Waals surface area contributed by atoms with Gasteiger partial charge < -0.3 is 5.73 Å². The zero-order chi connectivity index (χ0) is 13.2. The summed E-state index contributed by atoms with van der Waals surface area (Å²) in [6.45, 7) is 1.16. The van der Waals surface area contributed by atoms with Crippen molar-refractivity contribution in [3.63, 3.8) is 0 Å². The number of nitrogens with zero attached hydrogens (tertiary/aromatic N) is 2. The van der Waals surface area contributed by atoms with Gasteiger partial charge in [0.1, 0.15) is 5.69 Å². The number of likely N-dealkylation sites (tertiary alicyclic amines) is 1. The van der Waals surface area contributed by atoms with Crippen LogP contribution in [0.15, 0.2) is 18.2 Å². The lowest BCUT2D eigenvalue weighted by Gasteiger charge is -2.30. The van der Waals surface area contributed by atoms with E-state index in [1.165, 1.54) is 32.1 Å². The van der Waals surface area contributed by atoms with Gasteiger partial charge in [-0.25, -0.2) is 4.98 Å². The van der Waals surface area contributed by atoms with Crippen LogP contribution in [0.2, 0.25) is 0 Å². The molecule has 0 bridgehead atoms. The molecule has 0 radical (unpaired) electrons. The molecule has 1 amide bonds. The Bertz CT molecular complexity index is 468. The lowest BCUT2D eigenvalue weighted by Crippen LogP contribution is -2.33. The number of hydrogen-bond acceptors (Lipinski definition) is 3. The van der Waals surface area contributed by atoms with Crippen molar-refractivity contribution in [3.05, 3.63) is 29.6 Å². The molecule has 0 spiro atoms. The number of nitrogens with two attached hydrogens (primary N) is 1. The molecule has 0 aromatic carbocycles. The number of rotatable bonds is 3.